The molecule has 3 aromatic rings. The summed E-state index contributed by atoms with van der Waals surface area (Å²) in [6, 6.07) is 4.65. The van der Waals surface area contributed by atoms with Crippen molar-refractivity contribution in [2.75, 3.05) is 13.1 Å². The highest BCUT2D eigenvalue weighted by molar-refractivity contribution is 6.13. The van der Waals surface area contributed by atoms with Gasteiger partial charge < -0.3 is 14.5 Å². The predicted octanol–water partition coefficient (Wildman–Crippen LogP) is 4.36. The van der Waals surface area contributed by atoms with Gasteiger partial charge in [-0.15, -0.1) is 6.42 Å². The number of pyridine rings is 1. The molecular weight excluding hydrogens is 358 g/mol. The van der Waals surface area contributed by atoms with E-state index in [9.17, 15) is 0 Å². The fourth-order valence-corrected chi connectivity index (χ4v) is 4.13. The van der Waals surface area contributed by atoms with E-state index in [1.54, 1.807) is 6.92 Å². The number of piperidine rings is 1. The molecule has 0 spiro atoms. The van der Waals surface area contributed by atoms with Crippen LogP contribution >= 0.6 is 0 Å². The van der Waals surface area contributed by atoms with Gasteiger partial charge >= 0.3 is 0 Å². The molecule has 0 amide bonds. The second kappa shape index (κ2) is 7.89. The summed E-state index contributed by atoms with van der Waals surface area (Å²) in [6.45, 7) is 8.14. The third-order valence-corrected chi connectivity index (χ3v) is 5.79. The van der Waals surface area contributed by atoms with E-state index in [1.165, 1.54) is 16.3 Å². The smallest absolute Gasteiger partial charge is 0.163 e. The van der Waals surface area contributed by atoms with Crippen molar-refractivity contribution in [3.05, 3.63) is 42.6 Å². The van der Waals surface area contributed by atoms with E-state index in [0.29, 0.717) is 17.7 Å². The Kier molecular flexibility index (Phi) is 5.14. The summed E-state index contributed by atoms with van der Waals surface area (Å²) in [5, 5.41) is 2.35. The van der Waals surface area contributed by atoms with Gasteiger partial charge in [-0.05, 0) is 50.2 Å². The highest BCUT2D eigenvalue weighted by Crippen LogP contribution is 2.34. The van der Waals surface area contributed by atoms with E-state index in [2.05, 4.69) is 74.4 Å². The number of hydrogen-bond donors (Lipinski definition) is 1. The lowest BCUT2D eigenvalue weighted by atomic mass is 9.92. The number of rotatable bonds is 3. The Labute approximate surface area is 171 Å². The third-order valence-electron chi connectivity index (χ3n) is 5.79. The molecule has 1 aliphatic rings. The molecule has 2 unspecified atom stereocenters. The fourth-order valence-electron chi connectivity index (χ4n) is 4.13. The zero-order valence-electron chi connectivity index (χ0n) is 17.1. The van der Waals surface area contributed by atoms with Crippen LogP contribution in [0.15, 0.2) is 47.6 Å². The number of terminal acetylenes is 1. The maximum absolute atomic E-state index is 5.48. The van der Waals surface area contributed by atoms with Gasteiger partial charge in [0.1, 0.15) is 5.65 Å². The number of aromatic amines is 1. The van der Waals surface area contributed by atoms with Crippen LogP contribution in [0.2, 0.25) is 0 Å². The van der Waals surface area contributed by atoms with Gasteiger partial charge in [-0.1, -0.05) is 12.8 Å². The Bertz CT molecular complexity index is 1200. The minimum absolute atomic E-state index is 0.372. The molecule has 0 aromatic carbocycles. The van der Waals surface area contributed by atoms with Gasteiger partial charge in [0, 0.05) is 54.3 Å². The number of likely N-dealkylation sites (tertiary alicyclic amines) is 1. The maximum Gasteiger partial charge on any atom is 0.163 e. The van der Waals surface area contributed by atoms with Gasteiger partial charge in [-0.2, -0.15) is 0 Å². The zero-order chi connectivity index (χ0) is 20.4. The van der Waals surface area contributed by atoms with Crippen LogP contribution in [0.25, 0.3) is 21.9 Å². The van der Waals surface area contributed by atoms with Crippen LogP contribution in [0.4, 0.5) is 0 Å². The fraction of sp³-hybridized carbons (Fsp3) is 0.333. The number of H-pyrrole nitrogens is 1. The second-order valence-electron chi connectivity index (χ2n) is 7.57. The first kappa shape index (κ1) is 18.9. The van der Waals surface area contributed by atoms with Crippen molar-refractivity contribution in [2.24, 2.45) is 10.9 Å². The summed E-state index contributed by atoms with van der Waals surface area (Å²) in [5.74, 6) is 8.77. The molecule has 5 heteroatoms. The van der Waals surface area contributed by atoms with Gasteiger partial charge in [0.05, 0.1) is 11.6 Å². The van der Waals surface area contributed by atoms with Gasteiger partial charge in [0.2, 0.25) is 0 Å². The average molecular weight is 383 g/mol. The zero-order valence-corrected chi connectivity index (χ0v) is 17.1. The number of hydrogen-bond acceptors (Lipinski definition) is 3. The second-order valence-corrected chi connectivity index (χ2v) is 7.57. The molecule has 1 aliphatic heterocycles. The Balaban J connectivity index is 1.67. The lowest BCUT2D eigenvalue weighted by Crippen LogP contribution is -2.39. The largest absolute Gasteiger partial charge is 0.372 e. The summed E-state index contributed by atoms with van der Waals surface area (Å²) >= 11 is 0. The van der Waals surface area contributed by atoms with Crippen LogP contribution in [0.1, 0.15) is 33.2 Å². The standard InChI is InChI=1S/C24H25N5/c1-5-7-20(6-2)26-14-18(4)28-12-9-17(3)22(16-28)29-13-10-19-15-27-24-21(23(19)29)8-11-25-24/h2,8,10-11,13-15,17,22H,9,12,16H2,1,3-4H3,(H,25,27)/b18-14+,26-20?. The lowest BCUT2D eigenvalue weighted by molar-refractivity contribution is 0.167. The Morgan fingerprint density at radius 3 is 3.07 bits per heavy atom. The molecule has 4 rings (SSSR count). The minimum Gasteiger partial charge on any atom is -0.372 e. The minimum atomic E-state index is 0.372. The molecule has 0 saturated carbocycles. The Morgan fingerprint density at radius 1 is 1.41 bits per heavy atom. The van der Waals surface area contributed by atoms with Crippen molar-refractivity contribution in [1.29, 1.82) is 0 Å². The van der Waals surface area contributed by atoms with Crippen molar-refractivity contribution in [3.8, 4) is 24.2 Å². The highest BCUT2D eigenvalue weighted by Gasteiger charge is 2.28. The number of aromatic nitrogens is 3. The van der Waals surface area contributed by atoms with E-state index in [1.807, 2.05) is 18.6 Å². The average Bonchev–Trinajstić information content (AvgIpc) is 3.37. The van der Waals surface area contributed by atoms with Crippen LogP contribution in [0, 0.1) is 30.1 Å². The molecule has 3 aromatic heterocycles. The first-order chi connectivity index (χ1) is 14.1. The summed E-state index contributed by atoms with van der Waals surface area (Å²) in [7, 11) is 0. The van der Waals surface area contributed by atoms with Crippen molar-refractivity contribution in [2.45, 2.75) is 33.2 Å². The molecule has 1 fully saturated rings. The molecular formula is C24H25N5. The number of fused-ring (bicyclic) bond motifs is 3. The quantitative estimate of drug-likeness (QED) is 0.540. The molecule has 2 atom stereocenters. The van der Waals surface area contributed by atoms with Gasteiger partial charge in [0.15, 0.2) is 5.71 Å². The van der Waals surface area contributed by atoms with Gasteiger partial charge in [-0.25, -0.2) is 9.98 Å². The summed E-state index contributed by atoms with van der Waals surface area (Å²) in [6.07, 6.45) is 14.6. The third kappa shape index (κ3) is 3.52. The Hall–Kier alpha value is -3.44. The van der Waals surface area contributed by atoms with E-state index >= 15 is 0 Å². The van der Waals surface area contributed by atoms with Gasteiger partial charge in [-0.3, -0.25) is 0 Å². The molecule has 4 heterocycles. The predicted molar refractivity (Wildman–Crippen MR) is 119 cm³/mol. The van der Waals surface area contributed by atoms with E-state index in [4.69, 9.17) is 6.42 Å². The van der Waals surface area contributed by atoms with Crippen LogP contribution in [0.5, 0.6) is 0 Å². The molecule has 29 heavy (non-hydrogen) atoms. The monoisotopic (exact) mass is 383 g/mol. The summed E-state index contributed by atoms with van der Waals surface area (Å²) < 4.78 is 2.43. The molecule has 0 radical (unpaired) electrons. The number of nitrogens with one attached hydrogen (secondary N) is 1. The van der Waals surface area contributed by atoms with Crippen LogP contribution in [0.3, 0.4) is 0 Å². The molecule has 5 nitrogen and oxygen atoms in total. The van der Waals surface area contributed by atoms with Crippen molar-refractivity contribution in [1.82, 2.24) is 19.4 Å². The molecule has 0 bridgehead atoms. The van der Waals surface area contributed by atoms with Crippen molar-refractivity contribution < 1.29 is 0 Å². The number of allylic oxidation sites excluding steroid dienone is 1. The normalized spacial score (nSPS) is 20.6. The SMILES string of the molecule is C#CC(C#CC)=N/C=C(\C)N1CCC(C)C(n2ccc3cnc4[nH]ccc4c32)C1. The number of aliphatic imine (C=N–C) groups is 1. The molecule has 1 N–H and O–H groups in total. The van der Waals surface area contributed by atoms with E-state index in [-0.39, 0.29) is 0 Å². The highest BCUT2D eigenvalue weighted by atomic mass is 15.2. The number of nitrogens with zero attached hydrogens (tertiary/aromatic N) is 4. The molecule has 146 valence electrons. The van der Waals surface area contributed by atoms with Crippen LogP contribution in [-0.4, -0.2) is 38.2 Å². The topological polar surface area (TPSA) is 49.2 Å². The first-order valence-corrected chi connectivity index (χ1v) is 9.94. The van der Waals surface area contributed by atoms with E-state index in [0.717, 1.165) is 30.9 Å². The van der Waals surface area contributed by atoms with Crippen molar-refractivity contribution >= 4 is 27.6 Å². The van der Waals surface area contributed by atoms with Crippen molar-refractivity contribution in [3.63, 3.8) is 0 Å². The molecule has 1 saturated heterocycles. The van der Waals surface area contributed by atoms with Gasteiger partial charge in [0.25, 0.3) is 0 Å². The molecule has 0 aliphatic carbocycles. The lowest BCUT2D eigenvalue weighted by Gasteiger charge is -2.39. The van der Waals surface area contributed by atoms with E-state index < -0.39 is 0 Å². The van der Waals surface area contributed by atoms with Crippen LogP contribution in [-0.2, 0) is 0 Å². The maximum atomic E-state index is 5.48. The summed E-state index contributed by atoms with van der Waals surface area (Å²) in [5.41, 5.74) is 3.76. The van der Waals surface area contributed by atoms with Crippen LogP contribution < -0.4 is 0 Å². The Morgan fingerprint density at radius 2 is 2.28 bits per heavy atom. The summed E-state index contributed by atoms with van der Waals surface area (Å²) in [4.78, 5) is 14.5. The first-order valence-electron chi connectivity index (χ1n) is 9.94.